The summed E-state index contributed by atoms with van der Waals surface area (Å²) < 4.78 is 1.76. The van der Waals surface area contributed by atoms with Gasteiger partial charge in [0.2, 0.25) is 0 Å². The zero-order valence-corrected chi connectivity index (χ0v) is 8.59. The molecule has 0 aliphatic heterocycles. The Morgan fingerprint density at radius 2 is 2.15 bits per heavy atom. The molecule has 0 aliphatic rings. The van der Waals surface area contributed by atoms with Crippen LogP contribution in [0.25, 0.3) is 11.0 Å². The quantitative estimate of drug-likeness (QED) is 0.508. The van der Waals surface area contributed by atoms with Crippen molar-refractivity contribution in [1.29, 1.82) is 0 Å². The SMILES string of the molecule is CSc1nc(C)nc2nn(C)cc12. The molecule has 4 nitrogen and oxygen atoms in total. The maximum atomic E-state index is 4.33. The van der Waals surface area contributed by atoms with E-state index in [4.69, 9.17) is 0 Å². The zero-order valence-electron chi connectivity index (χ0n) is 7.77. The average molecular weight is 194 g/mol. The molecular formula is C8H10N4S. The second-order valence-corrected chi connectivity index (χ2v) is 3.62. The minimum atomic E-state index is 0.774. The molecule has 0 amide bonds. The maximum absolute atomic E-state index is 4.33. The van der Waals surface area contributed by atoms with Gasteiger partial charge in [-0.3, -0.25) is 4.68 Å². The van der Waals surface area contributed by atoms with E-state index in [9.17, 15) is 0 Å². The van der Waals surface area contributed by atoms with E-state index in [1.807, 2.05) is 26.4 Å². The van der Waals surface area contributed by atoms with Gasteiger partial charge in [0.05, 0.1) is 5.39 Å². The van der Waals surface area contributed by atoms with Crippen LogP contribution in [-0.4, -0.2) is 26.0 Å². The number of nitrogens with zero attached hydrogens (tertiary/aromatic N) is 4. The lowest BCUT2D eigenvalue weighted by Crippen LogP contribution is -1.91. The molecule has 0 radical (unpaired) electrons. The third-order valence-corrected chi connectivity index (χ3v) is 2.46. The summed E-state index contributed by atoms with van der Waals surface area (Å²) >= 11 is 1.62. The van der Waals surface area contributed by atoms with E-state index in [0.717, 1.165) is 21.9 Å². The van der Waals surface area contributed by atoms with Crippen molar-refractivity contribution in [3.8, 4) is 0 Å². The number of hydrogen-bond acceptors (Lipinski definition) is 4. The second-order valence-electron chi connectivity index (χ2n) is 2.82. The molecular weight excluding hydrogens is 184 g/mol. The smallest absolute Gasteiger partial charge is 0.185 e. The minimum absolute atomic E-state index is 0.774. The van der Waals surface area contributed by atoms with Crippen molar-refractivity contribution in [1.82, 2.24) is 19.7 Å². The van der Waals surface area contributed by atoms with Crippen LogP contribution in [0.4, 0.5) is 0 Å². The summed E-state index contributed by atoms with van der Waals surface area (Å²) in [5.74, 6) is 0.774. The Bertz CT molecular complexity index is 449. The first-order chi connectivity index (χ1) is 6.20. The average Bonchev–Trinajstić information content (AvgIpc) is 2.43. The highest BCUT2D eigenvalue weighted by Gasteiger charge is 2.07. The third kappa shape index (κ3) is 1.39. The van der Waals surface area contributed by atoms with Crippen molar-refractivity contribution in [3.63, 3.8) is 0 Å². The lowest BCUT2D eigenvalue weighted by atomic mass is 10.4. The van der Waals surface area contributed by atoms with Gasteiger partial charge in [0.25, 0.3) is 0 Å². The standard InChI is InChI=1S/C8H10N4S/c1-5-9-7-6(4-12(2)11-7)8(10-5)13-3/h4H,1-3H3. The molecule has 5 heteroatoms. The summed E-state index contributed by atoms with van der Waals surface area (Å²) in [6.45, 7) is 1.88. The Labute approximate surface area is 80.4 Å². The Hall–Kier alpha value is -1.10. The predicted molar refractivity (Wildman–Crippen MR) is 52.8 cm³/mol. The van der Waals surface area contributed by atoms with Crippen LogP contribution in [0.2, 0.25) is 0 Å². The van der Waals surface area contributed by atoms with Crippen LogP contribution < -0.4 is 0 Å². The van der Waals surface area contributed by atoms with Gasteiger partial charge in [0, 0.05) is 13.2 Å². The Balaban J connectivity index is 2.80. The molecule has 2 rings (SSSR count). The summed E-state index contributed by atoms with van der Waals surface area (Å²) in [4.78, 5) is 8.58. The van der Waals surface area contributed by atoms with Crippen LogP contribution in [0.5, 0.6) is 0 Å². The predicted octanol–water partition coefficient (Wildman–Crippen LogP) is 1.39. The second kappa shape index (κ2) is 2.99. The fourth-order valence-corrected chi connectivity index (χ4v) is 1.84. The van der Waals surface area contributed by atoms with Crippen molar-refractivity contribution in [2.24, 2.45) is 7.05 Å². The molecule has 0 saturated heterocycles. The molecule has 0 atom stereocenters. The summed E-state index contributed by atoms with van der Waals surface area (Å²) in [6.07, 6.45) is 3.95. The van der Waals surface area contributed by atoms with Gasteiger partial charge >= 0.3 is 0 Å². The van der Waals surface area contributed by atoms with Crippen LogP contribution in [0.1, 0.15) is 5.82 Å². The number of fused-ring (bicyclic) bond motifs is 1. The number of aromatic nitrogens is 4. The van der Waals surface area contributed by atoms with Gasteiger partial charge < -0.3 is 0 Å². The first kappa shape index (κ1) is 8.50. The maximum Gasteiger partial charge on any atom is 0.185 e. The van der Waals surface area contributed by atoms with Gasteiger partial charge in [-0.1, -0.05) is 0 Å². The summed E-state index contributed by atoms with van der Waals surface area (Å²) in [5, 5.41) is 6.26. The first-order valence-corrected chi connectivity index (χ1v) is 5.15. The van der Waals surface area contributed by atoms with E-state index in [1.54, 1.807) is 16.4 Å². The Kier molecular flexibility index (Phi) is 1.95. The molecule has 0 unspecified atom stereocenters. The largest absolute Gasteiger partial charge is 0.273 e. The van der Waals surface area contributed by atoms with Gasteiger partial charge in [0.15, 0.2) is 5.65 Å². The van der Waals surface area contributed by atoms with Crippen LogP contribution in [0, 0.1) is 6.92 Å². The van der Waals surface area contributed by atoms with Crippen molar-refractivity contribution < 1.29 is 0 Å². The molecule has 0 aromatic carbocycles. The van der Waals surface area contributed by atoms with E-state index in [-0.39, 0.29) is 0 Å². The highest BCUT2D eigenvalue weighted by atomic mass is 32.2. The number of hydrogen-bond donors (Lipinski definition) is 0. The molecule has 2 heterocycles. The molecule has 0 N–H and O–H groups in total. The molecule has 0 spiro atoms. The molecule has 2 aromatic rings. The summed E-state index contributed by atoms with van der Waals surface area (Å²) in [6, 6.07) is 0. The van der Waals surface area contributed by atoms with E-state index in [2.05, 4.69) is 15.1 Å². The fraction of sp³-hybridized carbons (Fsp3) is 0.375. The highest BCUT2D eigenvalue weighted by Crippen LogP contribution is 2.21. The number of thioether (sulfide) groups is 1. The van der Waals surface area contributed by atoms with Gasteiger partial charge in [0.1, 0.15) is 10.9 Å². The monoisotopic (exact) mass is 194 g/mol. The van der Waals surface area contributed by atoms with E-state index in [0.29, 0.717) is 0 Å². The van der Waals surface area contributed by atoms with Gasteiger partial charge in [-0.15, -0.1) is 11.8 Å². The topological polar surface area (TPSA) is 43.6 Å². The lowest BCUT2D eigenvalue weighted by molar-refractivity contribution is 0.775. The third-order valence-electron chi connectivity index (χ3n) is 1.76. The van der Waals surface area contributed by atoms with Crippen LogP contribution in [-0.2, 0) is 7.05 Å². The lowest BCUT2D eigenvalue weighted by Gasteiger charge is -1.97. The first-order valence-electron chi connectivity index (χ1n) is 3.92. The Morgan fingerprint density at radius 3 is 2.85 bits per heavy atom. The van der Waals surface area contributed by atoms with Gasteiger partial charge in [-0.05, 0) is 13.2 Å². The molecule has 68 valence electrons. The van der Waals surface area contributed by atoms with E-state index in [1.165, 1.54) is 0 Å². The van der Waals surface area contributed by atoms with Crippen molar-refractivity contribution in [2.45, 2.75) is 11.9 Å². The summed E-state index contributed by atoms with van der Waals surface area (Å²) in [5.41, 5.74) is 0.777. The van der Waals surface area contributed by atoms with Crippen LogP contribution in [0.15, 0.2) is 11.2 Å². The highest BCUT2D eigenvalue weighted by molar-refractivity contribution is 7.98. The van der Waals surface area contributed by atoms with Gasteiger partial charge in [-0.25, -0.2) is 9.97 Å². The molecule has 0 bridgehead atoms. The van der Waals surface area contributed by atoms with Crippen molar-refractivity contribution >= 4 is 22.8 Å². The van der Waals surface area contributed by atoms with E-state index < -0.39 is 0 Å². The van der Waals surface area contributed by atoms with Crippen LogP contribution in [0.3, 0.4) is 0 Å². The number of rotatable bonds is 1. The molecule has 2 aromatic heterocycles. The molecule has 0 saturated carbocycles. The Morgan fingerprint density at radius 1 is 1.38 bits per heavy atom. The minimum Gasteiger partial charge on any atom is -0.273 e. The fourth-order valence-electron chi connectivity index (χ4n) is 1.25. The zero-order chi connectivity index (χ0) is 9.42. The normalized spacial score (nSPS) is 11.0. The van der Waals surface area contributed by atoms with Crippen LogP contribution >= 0.6 is 11.8 Å². The molecule has 0 aliphatic carbocycles. The van der Waals surface area contributed by atoms with Crippen molar-refractivity contribution in [3.05, 3.63) is 12.0 Å². The number of aryl methyl sites for hydroxylation is 2. The van der Waals surface area contributed by atoms with Crippen molar-refractivity contribution in [2.75, 3.05) is 6.26 Å². The van der Waals surface area contributed by atoms with Gasteiger partial charge in [-0.2, -0.15) is 5.10 Å². The molecule has 0 fully saturated rings. The molecule has 13 heavy (non-hydrogen) atoms. The summed E-state index contributed by atoms with van der Waals surface area (Å²) in [7, 11) is 1.89. The van der Waals surface area contributed by atoms with E-state index >= 15 is 0 Å².